The van der Waals surface area contributed by atoms with Gasteiger partial charge in [0.25, 0.3) is 0 Å². The predicted molar refractivity (Wildman–Crippen MR) is 116 cm³/mol. The van der Waals surface area contributed by atoms with Crippen LogP contribution in [0.5, 0.6) is 0 Å². The van der Waals surface area contributed by atoms with Gasteiger partial charge in [0.1, 0.15) is 6.17 Å². The molecular weight excluding hydrogens is 388 g/mol. The molecule has 3 aliphatic rings. The first-order valence-corrected chi connectivity index (χ1v) is 10.7. The SMILES string of the molecule is CN1C=C(Cl)C(c2cccc(NCC3CCOCC3)c2)=CC1NC(=O)C1CNC1. The highest BCUT2D eigenvalue weighted by Crippen LogP contribution is 2.32. The van der Waals surface area contributed by atoms with E-state index in [2.05, 4.69) is 34.1 Å². The summed E-state index contributed by atoms with van der Waals surface area (Å²) in [6, 6.07) is 8.31. The number of ether oxygens (including phenoxy) is 1. The monoisotopic (exact) mass is 416 g/mol. The van der Waals surface area contributed by atoms with Gasteiger partial charge in [-0.3, -0.25) is 4.79 Å². The van der Waals surface area contributed by atoms with Crippen molar-refractivity contribution >= 4 is 28.8 Å². The molecule has 0 bridgehead atoms. The van der Waals surface area contributed by atoms with Crippen LogP contribution in [-0.4, -0.2) is 56.9 Å². The Morgan fingerprint density at radius 2 is 2.10 bits per heavy atom. The standard InChI is InChI=1S/C22H29ClN4O2/c1-27-14-20(23)19(10-21(27)26-22(28)17-12-24-13-17)16-3-2-4-18(9-16)25-11-15-5-7-29-8-6-15/h2-4,9-10,14-15,17,21,24-25H,5-8,11-13H2,1H3,(H,26,28). The summed E-state index contributed by atoms with van der Waals surface area (Å²) in [5, 5.41) is 10.5. The molecule has 3 N–H and O–H groups in total. The lowest BCUT2D eigenvalue weighted by Crippen LogP contribution is -2.54. The number of halogens is 1. The average molecular weight is 417 g/mol. The Balaban J connectivity index is 1.45. The topological polar surface area (TPSA) is 65.6 Å². The highest BCUT2D eigenvalue weighted by molar-refractivity contribution is 6.37. The van der Waals surface area contributed by atoms with E-state index in [0.29, 0.717) is 11.0 Å². The summed E-state index contributed by atoms with van der Waals surface area (Å²) in [4.78, 5) is 14.3. The minimum atomic E-state index is -0.209. The van der Waals surface area contributed by atoms with Crippen molar-refractivity contribution in [1.82, 2.24) is 15.5 Å². The van der Waals surface area contributed by atoms with E-state index in [1.54, 1.807) is 0 Å². The molecule has 1 amide bonds. The maximum absolute atomic E-state index is 12.4. The van der Waals surface area contributed by atoms with Crippen LogP contribution in [0.2, 0.25) is 0 Å². The summed E-state index contributed by atoms with van der Waals surface area (Å²) >= 11 is 6.56. The zero-order valence-electron chi connectivity index (χ0n) is 16.8. The van der Waals surface area contributed by atoms with Crippen LogP contribution in [0.25, 0.3) is 5.57 Å². The van der Waals surface area contributed by atoms with Gasteiger partial charge in [0.2, 0.25) is 5.91 Å². The molecule has 4 rings (SSSR count). The van der Waals surface area contributed by atoms with Crippen LogP contribution in [0.3, 0.4) is 0 Å². The number of anilines is 1. The van der Waals surface area contributed by atoms with Crippen LogP contribution < -0.4 is 16.0 Å². The second-order valence-corrected chi connectivity index (χ2v) is 8.46. The highest BCUT2D eigenvalue weighted by Gasteiger charge is 2.28. The van der Waals surface area contributed by atoms with Gasteiger partial charge in [-0.25, -0.2) is 0 Å². The fraction of sp³-hybridized carbons (Fsp3) is 0.500. The third-order valence-electron chi connectivity index (χ3n) is 5.89. The van der Waals surface area contributed by atoms with Crippen LogP contribution in [-0.2, 0) is 9.53 Å². The second kappa shape index (κ2) is 9.20. The van der Waals surface area contributed by atoms with Crippen LogP contribution >= 0.6 is 11.6 Å². The van der Waals surface area contributed by atoms with E-state index in [4.69, 9.17) is 16.3 Å². The maximum atomic E-state index is 12.4. The van der Waals surface area contributed by atoms with Crippen LogP contribution in [0.1, 0.15) is 18.4 Å². The lowest BCUT2D eigenvalue weighted by molar-refractivity contribution is -0.127. The van der Waals surface area contributed by atoms with Crippen molar-refractivity contribution in [2.24, 2.45) is 11.8 Å². The smallest absolute Gasteiger partial charge is 0.227 e. The van der Waals surface area contributed by atoms with Gasteiger partial charge in [-0.05, 0) is 42.5 Å². The first kappa shape index (κ1) is 20.3. The van der Waals surface area contributed by atoms with E-state index < -0.39 is 0 Å². The van der Waals surface area contributed by atoms with E-state index in [0.717, 1.165) is 62.5 Å². The molecule has 2 saturated heterocycles. The van der Waals surface area contributed by atoms with Crippen LogP contribution in [0.15, 0.2) is 41.6 Å². The number of carbonyl (C=O) groups is 1. The Morgan fingerprint density at radius 1 is 1.31 bits per heavy atom. The lowest BCUT2D eigenvalue weighted by atomic mass is 9.99. The van der Waals surface area contributed by atoms with Gasteiger partial charge in [0.05, 0.1) is 11.0 Å². The van der Waals surface area contributed by atoms with E-state index in [9.17, 15) is 4.79 Å². The molecule has 0 spiro atoms. The summed E-state index contributed by atoms with van der Waals surface area (Å²) in [7, 11) is 1.92. The number of nitrogens with one attached hydrogen (secondary N) is 3. The van der Waals surface area contributed by atoms with Gasteiger partial charge < -0.3 is 25.6 Å². The average Bonchev–Trinajstić information content (AvgIpc) is 2.68. The van der Waals surface area contributed by atoms with Gasteiger partial charge in [-0.15, -0.1) is 0 Å². The first-order valence-electron chi connectivity index (χ1n) is 10.3. The number of amides is 1. The van der Waals surface area contributed by atoms with Crippen molar-refractivity contribution in [2.75, 3.05) is 45.2 Å². The number of nitrogens with zero attached hydrogens (tertiary/aromatic N) is 1. The normalized spacial score (nSPS) is 23.1. The molecule has 6 nitrogen and oxygen atoms in total. The zero-order chi connectivity index (χ0) is 20.2. The van der Waals surface area contributed by atoms with Gasteiger partial charge >= 0.3 is 0 Å². The Hall–Kier alpha value is -2.02. The molecule has 0 aliphatic carbocycles. The van der Waals surface area contributed by atoms with E-state index in [-0.39, 0.29) is 18.0 Å². The quantitative estimate of drug-likeness (QED) is 0.665. The van der Waals surface area contributed by atoms with E-state index >= 15 is 0 Å². The van der Waals surface area contributed by atoms with Crippen molar-refractivity contribution in [2.45, 2.75) is 19.0 Å². The summed E-state index contributed by atoms with van der Waals surface area (Å²) in [6.07, 6.45) is 5.92. The van der Waals surface area contributed by atoms with Gasteiger partial charge in [-0.1, -0.05) is 23.7 Å². The number of hydrogen-bond donors (Lipinski definition) is 3. The van der Waals surface area contributed by atoms with Crippen molar-refractivity contribution < 1.29 is 9.53 Å². The molecule has 0 saturated carbocycles. The fourth-order valence-corrected chi connectivity index (χ4v) is 4.13. The predicted octanol–water partition coefficient (Wildman–Crippen LogP) is 2.60. The largest absolute Gasteiger partial charge is 0.385 e. The third kappa shape index (κ3) is 4.94. The molecule has 1 aromatic rings. The van der Waals surface area contributed by atoms with Crippen LogP contribution in [0.4, 0.5) is 5.69 Å². The van der Waals surface area contributed by atoms with E-state index in [1.807, 2.05) is 30.3 Å². The first-order chi connectivity index (χ1) is 14.1. The summed E-state index contributed by atoms with van der Waals surface area (Å²) in [6.45, 7) is 4.16. The second-order valence-electron chi connectivity index (χ2n) is 8.05. The molecule has 0 aromatic heterocycles. The minimum Gasteiger partial charge on any atom is -0.385 e. The number of hydrogen-bond acceptors (Lipinski definition) is 5. The van der Waals surface area contributed by atoms with E-state index in [1.165, 1.54) is 0 Å². The number of carbonyl (C=O) groups excluding carboxylic acids is 1. The lowest BCUT2D eigenvalue weighted by Gasteiger charge is -2.33. The summed E-state index contributed by atoms with van der Waals surface area (Å²) < 4.78 is 5.44. The molecular formula is C22H29ClN4O2. The summed E-state index contributed by atoms with van der Waals surface area (Å²) in [5.41, 5.74) is 3.07. The molecule has 1 aromatic carbocycles. The molecule has 7 heteroatoms. The Kier molecular flexibility index (Phi) is 6.43. The molecule has 29 heavy (non-hydrogen) atoms. The Bertz CT molecular complexity index is 800. The van der Waals surface area contributed by atoms with Crippen LogP contribution in [0, 0.1) is 11.8 Å². The van der Waals surface area contributed by atoms with Crippen molar-refractivity contribution in [3.8, 4) is 0 Å². The van der Waals surface area contributed by atoms with Crippen molar-refractivity contribution in [3.05, 3.63) is 47.1 Å². The molecule has 1 atom stereocenters. The molecule has 156 valence electrons. The Labute approximate surface area is 177 Å². The molecule has 3 aliphatic heterocycles. The minimum absolute atomic E-state index is 0.0549. The van der Waals surface area contributed by atoms with Crippen molar-refractivity contribution in [3.63, 3.8) is 0 Å². The number of benzene rings is 1. The highest BCUT2D eigenvalue weighted by atomic mass is 35.5. The third-order valence-corrected chi connectivity index (χ3v) is 6.19. The zero-order valence-corrected chi connectivity index (χ0v) is 17.5. The fourth-order valence-electron chi connectivity index (χ4n) is 3.81. The maximum Gasteiger partial charge on any atom is 0.227 e. The van der Waals surface area contributed by atoms with Gasteiger partial charge in [0.15, 0.2) is 0 Å². The summed E-state index contributed by atoms with van der Waals surface area (Å²) in [5.74, 6) is 0.785. The molecule has 1 unspecified atom stereocenters. The van der Waals surface area contributed by atoms with Crippen molar-refractivity contribution in [1.29, 1.82) is 0 Å². The molecule has 3 heterocycles. The molecule has 2 fully saturated rings. The number of allylic oxidation sites excluding steroid dienone is 2. The Morgan fingerprint density at radius 3 is 2.83 bits per heavy atom. The number of likely N-dealkylation sites (N-methyl/N-ethyl adjacent to an activating group) is 1. The van der Waals surface area contributed by atoms with Gasteiger partial charge in [0, 0.05) is 57.4 Å². The van der Waals surface area contributed by atoms with Gasteiger partial charge in [-0.2, -0.15) is 0 Å². The number of rotatable bonds is 6. The molecule has 0 radical (unpaired) electrons.